The molecular formula is C22H29N5O. The Balaban J connectivity index is 1.57. The highest BCUT2D eigenvalue weighted by Crippen LogP contribution is 2.25. The maximum absolute atomic E-state index is 12.4. The third kappa shape index (κ3) is 4.17. The molecule has 6 nitrogen and oxygen atoms in total. The molecule has 0 spiro atoms. The number of nitrogens with zero attached hydrogens (tertiary/aromatic N) is 3. The Bertz CT molecular complexity index is 838. The average Bonchev–Trinajstić information content (AvgIpc) is 2.71. The number of anilines is 1. The number of hydrogen-bond acceptors (Lipinski definition) is 5. The van der Waals surface area contributed by atoms with E-state index >= 15 is 0 Å². The van der Waals surface area contributed by atoms with E-state index in [1.54, 1.807) is 0 Å². The zero-order valence-electron chi connectivity index (χ0n) is 16.7. The van der Waals surface area contributed by atoms with Crippen LogP contribution < -0.4 is 10.6 Å². The van der Waals surface area contributed by atoms with Gasteiger partial charge in [-0.25, -0.2) is 9.97 Å². The van der Waals surface area contributed by atoms with Gasteiger partial charge in [0.1, 0.15) is 17.3 Å². The van der Waals surface area contributed by atoms with Gasteiger partial charge in [0, 0.05) is 37.2 Å². The number of benzene rings is 1. The van der Waals surface area contributed by atoms with Gasteiger partial charge in [0.25, 0.3) is 5.91 Å². The first-order valence-electron chi connectivity index (χ1n) is 10.3. The summed E-state index contributed by atoms with van der Waals surface area (Å²) in [5.74, 6) is 1.53. The van der Waals surface area contributed by atoms with E-state index in [1.807, 2.05) is 18.2 Å². The van der Waals surface area contributed by atoms with Gasteiger partial charge in [0.2, 0.25) is 0 Å². The maximum atomic E-state index is 12.4. The number of amides is 1. The number of fused-ring (bicyclic) bond motifs is 1. The molecule has 0 saturated carbocycles. The molecule has 2 atom stereocenters. The van der Waals surface area contributed by atoms with E-state index in [4.69, 9.17) is 4.98 Å². The van der Waals surface area contributed by atoms with Gasteiger partial charge in [-0.15, -0.1) is 0 Å². The maximum Gasteiger partial charge on any atom is 0.270 e. The van der Waals surface area contributed by atoms with Crippen LogP contribution in [0.2, 0.25) is 0 Å². The fourth-order valence-corrected chi connectivity index (χ4v) is 4.09. The van der Waals surface area contributed by atoms with Crippen LogP contribution in [0.4, 0.5) is 5.82 Å². The first-order chi connectivity index (χ1) is 13.6. The minimum Gasteiger partial charge on any atom is -0.367 e. The van der Waals surface area contributed by atoms with Crippen LogP contribution in [0.1, 0.15) is 47.2 Å². The molecule has 0 unspecified atom stereocenters. The minimum atomic E-state index is -0.0793. The van der Waals surface area contributed by atoms with Crippen molar-refractivity contribution in [3.05, 3.63) is 53.0 Å². The summed E-state index contributed by atoms with van der Waals surface area (Å²) < 4.78 is 0. The molecule has 2 aliphatic heterocycles. The van der Waals surface area contributed by atoms with E-state index < -0.39 is 0 Å². The van der Waals surface area contributed by atoms with Gasteiger partial charge in [-0.2, -0.15) is 0 Å². The molecule has 3 heterocycles. The third-order valence-corrected chi connectivity index (χ3v) is 5.96. The summed E-state index contributed by atoms with van der Waals surface area (Å²) in [6.07, 6.45) is 4.55. The highest BCUT2D eigenvalue weighted by atomic mass is 16.1. The van der Waals surface area contributed by atoms with Crippen molar-refractivity contribution in [2.24, 2.45) is 0 Å². The Labute approximate surface area is 166 Å². The van der Waals surface area contributed by atoms with Crippen molar-refractivity contribution < 1.29 is 4.79 Å². The number of carbonyl (C=O) groups is 1. The number of aryl methyl sites for hydroxylation is 2. The van der Waals surface area contributed by atoms with Crippen LogP contribution in [0.5, 0.6) is 0 Å². The lowest BCUT2D eigenvalue weighted by atomic mass is 9.98. The molecule has 2 aliphatic rings. The van der Waals surface area contributed by atoms with E-state index in [1.165, 1.54) is 5.56 Å². The summed E-state index contributed by atoms with van der Waals surface area (Å²) in [6, 6.07) is 11.3. The highest BCUT2D eigenvalue weighted by molar-refractivity contribution is 5.96. The van der Waals surface area contributed by atoms with Crippen LogP contribution in [0.25, 0.3) is 0 Å². The number of piperidine rings is 1. The summed E-state index contributed by atoms with van der Waals surface area (Å²) in [5, 5.41) is 6.58. The van der Waals surface area contributed by atoms with E-state index in [2.05, 4.69) is 46.6 Å². The Morgan fingerprint density at radius 1 is 1.21 bits per heavy atom. The Hall–Kier alpha value is -2.47. The lowest BCUT2D eigenvalue weighted by molar-refractivity contribution is 0.0940. The smallest absolute Gasteiger partial charge is 0.270 e. The van der Waals surface area contributed by atoms with E-state index in [0.717, 1.165) is 55.9 Å². The Kier molecular flexibility index (Phi) is 5.57. The van der Waals surface area contributed by atoms with Gasteiger partial charge in [-0.1, -0.05) is 30.3 Å². The molecule has 1 fully saturated rings. The van der Waals surface area contributed by atoms with Crippen LogP contribution >= 0.6 is 0 Å². The number of nitrogens with one attached hydrogen (secondary N) is 2. The van der Waals surface area contributed by atoms with Crippen molar-refractivity contribution in [2.75, 3.05) is 25.5 Å². The fourth-order valence-electron chi connectivity index (χ4n) is 4.09. The van der Waals surface area contributed by atoms with Crippen molar-refractivity contribution in [2.45, 2.75) is 51.1 Å². The lowest BCUT2D eigenvalue weighted by Crippen LogP contribution is -2.43. The first-order valence-corrected chi connectivity index (χ1v) is 10.3. The number of carbonyl (C=O) groups excluding carboxylic acids is 1. The van der Waals surface area contributed by atoms with Crippen LogP contribution in [0.15, 0.2) is 30.3 Å². The molecule has 2 N–H and O–H groups in total. The van der Waals surface area contributed by atoms with Crippen molar-refractivity contribution in [1.82, 2.24) is 20.2 Å². The highest BCUT2D eigenvalue weighted by Gasteiger charge is 2.27. The van der Waals surface area contributed by atoms with Gasteiger partial charge in [-0.05, 0) is 45.2 Å². The van der Waals surface area contributed by atoms with Gasteiger partial charge in [0.05, 0.1) is 0 Å². The van der Waals surface area contributed by atoms with Gasteiger partial charge in [0.15, 0.2) is 0 Å². The van der Waals surface area contributed by atoms with Gasteiger partial charge >= 0.3 is 0 Å². The molecule has 1 amide bonds. The normalized spacial score (nSPS) is 22.4. The van der Waals surface area contributed by atoms with Gasteiger partial charge < -0.3 is 15.5 Å². The third-order valence-electron chi connectivity index (χ3n) is 5.96. The second kappa shape index (κ2) is 8.27. The van der Waals surface area contributed by atoms with Crippen LogP contribution in [-0.2, 0) is 19.3 Å². The van der Waals surface area contributed by atoms with E-state index in [-0.39, 0.29) is 5.91 Å². The minimum absolute atomic E-state index is 0.0793. The van der Waals surface area contributed by atoms with Crippen LogP contribution in [0.3, 0.4) is 0 Å². The quantitative estimate of drug-likeness (QED) is 0.835. The Morgan fingerprint density at radius 3 is 2.82 bits per heavy atom. The second-order valence-corrected chi connectivity index (χ2v) is 8.00. The molecule has 4 rings (SSSR count). The fraction of sp³-hybridized carbons (Fsp3) is 0.500. The molecule has 148 valence electrons. The number of aromatic nitrogens is 2. The average molecular weight is 380 g/mol. The van der Waals surface area contributed by atoms with Crippen molar-refractivity contribution >= 4 is 11.7 Å². The molecule has 1 aromatic heterocycles. The number of hydrogen-bond donors (Lipinski definition) is 2. The summed E-state index contributed by atoms with van der Waals surface area (Å²) in [7, 11) is 2.18. The largest absolute Gasteiger partial charge is 0.367 e. The molecule has 0 bridgehead atoms. The number of likely N-dealkylation sites (tertiary alicyclic amines) is 1. The predicted molar refractivity (Wildman–Crippen MR) is 111 cm³/mol. The number of rotatable bonds is 5. The SMILES string of the molecule is C[C@H]1C[C@@H](Nc2nc(CCc3ccccc3)nc3c2CCNC3=O)CCN1C. The molecule has 0 aliphatic carbocycles. The summed E-state index contributed by atoms with van der Waals surface area (Å²) in [5.41, 5.74) is 2.78. The molecule has 6 heteroatoms. The van der Waals surface area contributed by atoms with Crippen molar-refractivity contribution in [3.8, 4) is 0 Å². The van der Waals surface area contributed by atoms with Crippen LogP contribution in [-0.4, -0.2) is 53.0 Å². The monoisotopic (exact) mass is 379 g/mol. The molecular weight excluding hydrogens is 350 g/mol. The van der Waals surface area contributed by atoms with Gasteiger partial charge in [-0.3, -0.25) is 4.79 Å². The molecule has 0 radical (unpaired) electrons. The predicted octanol–water partition coefficient (Wildman–Crippen LogP) is 2.44. The van der Waals surface area contributed by atoms with E-state index in [0.29, 0.717) is 24.3 Å². The molecule has 2 aromatic rings. The Morgan fingerprint density at radius 2 is 2.04 bits per heavy atom. The van der Waals surface area contributed by atoms with Crippen LogP contribution in [0, 0.1) is 0 Å². The lowest BCUT2D eigenvalue weighted by Gasteiger charge is -2.36. The zero-order chi connectivity index (χ0) is 19.5. The molecule has 1 saturated heterocycles. The molecule has 1 aromatic carbocycles. The topological polar surface area (TPSA) is 70.1 Å². The zero-order valence-corrected chi connectivity index (χ0v) is 16.7. The second-order valence-electron chi connectivity index (χ2n) is 8.00. The van der Waals surface area contributed by atoms with Crippen molar-refractivity contribution in [1.29, 1.82) is 0 Å². The molecule has 28 heavy (non-hydrogen) atoms. The summed E-state index contributed by atoms with van der Waals surface area (Å²) in [6.45, 7) is 3.99. The summed E-state index contributed by atoms with van der Waals surface area (Å²) >= 11 is 0. The standard InChI is InChI=1S/C22H29N5O/c1-15-14-17(11-13-27(15)2)24-21-18-10-12-23-22(28)20(18)25-19(26-21)9-8-16-6-4-3-5-7-16/h3-7,15,17H,8-14H2,1-2H3,(H,23,28)(H,24,25,26)/t15-,17-/m0/s1. The first kappa shape index (κ1) is 18.9. The summed E-state index contributed by atoms with van der Waals surface area (Å²) in [4.78, 5) is 24.3. The van der Waals surface area contributed by atoms with Crippen molar-refractivity contribution in [3.63, 3.8) is 0 Å². The van der Waals surface area contributed by atoms with E-state index in [9.17, 15) is 4.79 Å².